The molecule has 0 saturated heterocycles. The van der Waals surface area contributed by atoms with Gasteiger partial charge < -0.3 is 15.5 Å². The molecule has 182 valence electrons. The zero-order valence-electron chi connectivity index (χ0n) is 18.6. The van der Waals surface area contributed by atoms with Gasteiger partial charge in [0.25, 0.3) is 11.5 Å². The van der Waals surface area contributed by atoms with E-state index in [0.29, 0.717) is 11.6 Å². The normalized spacial score (nSPS) is 14.2. The lowest BCUT2D eigenvalue weighted by Crippen LogP contribution is -2.29. The van der Waals surface area contributed by atoms with Crippen molar-refractivity contribution < 1.29 is 18.3 Å². The van der Waals surface area contributed by atoms with Gasteiger partial charge in [-0.2, -0.15) is 9.78 Å². The third-order valence-corrected chi connectivity index (χ3v) is 5.74. The maximum absolute atomic E-state index is 14.9. The van der Waals surface area contributed by atoms with Crippen molar-refractivity contribution >= 4 is 29.0 Å². The minimum Gasteiger partial charge on any atom is -0.455 e. The van der Waals surface area contributed by atoms with Crippen molar-refractivity contribution in [2.75, 3.05) is 10.7 Å². The molecule has 1 unspecified atom stereocenters. The molecule has 5 rings (SSSR count). The molecule has 0 bridgehead atoms. The SMILES string of the molecule is CC1NNc2nccc(Oc3cc(F)c(NC(=O)c4ccnn(-c5ccc(F)cc5)c4=O)cc3Cl)c21. The number of hydrogen-bond donors (Lipinski definition) is 3. The molecule has 0 saturated carbocycles. The summed E-state index contributed by atoms with van der Waals surface area (Å²) in [5, 5.41) is 6.30. The van der Waals surface area contributed by atoms with Crippen molar-refractivity contribution in [3.63, 3.8) is 0 Å². The second-order valence-corrected chi connectivity index (χ2v) is 8.23. The number of pyridine rings is 1. The third-order valence-electron chi connectivity index (χ3n) is 5.44. The lowest BCUT2D eigenvalue weighted by Gasteiger charge is -2.14. The molecule has 2 aromatic heterocycles. The van der Waals surface area contributed by atoms with E-state index in [0.717, 1.165) is 28.4 Å². The average molecular weight is 511 g/mol. The Hall–Kier alpha value is -4.35. The number of nitrogens with zero attached hydrogens (tertiary/aromatic N) is 3. The number of amides is 1. The lowest BCUT2D eigenvalue weighted by atomic mass is 10.1. The Bertz CT molecular complexity index is 1540. The number of hydrogen-bond acceptors (Lipinski definition) is 7. The topological polar surface area (TPSA) is 110 Å². The largest absolute Gasteiger partial charge is 0.455 e. The molecular weight excluding hydrogens is 494 g/mol. The van der Waals surface area contributed by atoms with Gasteiger partial charge >= 0.3 is 0 Å². The molecule has 9 nitrogen and oxygen atoms in total. The van der Waals surface area contributed by atoms with Crippen molar-refractivity contribution in [3.05, 3.63) is 99.1 Å². The Morgan fingerprint density at radius 2 is 1.89 bits per heavy atom. The fourth-order valence-electron chi connectivity index (χ4n) is 3.67. The summed E-state index contributed by atoms with van der Waals surface area (Å²) in [5.41, 5.74) is 5.63. The van der Waals surface area contributed by atoms with E-state index in [4.69, 9.17) is 16.3 Å². The van der Waals surface area contributed by atoms with Crippen LogP contribution in [0.4, 0.5) is 20.3 Å². The van der Waals surface area contributed by atoms with Crippen LogP contribution in [0.15, 0.2) is 65.7 Å². The molecule has 1 aliphatic heterocycles. The standard InChI is InChI=1S/C24H17ClF2N6O3/c1-12-21-19(7-8-28-22(21)32-31-12)36-20-11-17(27)18(10-16(20)25)30-23(34)15-6-9-29-33(24(15)35)14-4-2-13(26)3-5-14/h2-12,31H,1H3,(H,28,32)(H,30,34). The lowest BCUT2D eigenvalue weighted by molar-refractivity contribution is 0.102. The Labute approximate surface area is 207 Å². The number of benzene rings is 2. The molecule has 0 fully saturated rings. The van der Waals surface area contributed by atoms with E-state index in [1.165, 1.54) is 36.7 Å². The summed E-state index contributed by atoms with van der Waals surface area (Å²) >= 11 is 6.32. The number of aromatic nitrogens is 3. The molecule has 2 aromatic carbocycles. The van der Waals surface area contributed by atoms with Gasteiger partial charge in [0.2, 0.25) is 0 Å². The first-order chi connectivity index (χ1) is 17.3. The maximum atomic E-state index is 14.9. The zero-order chi connectivity index (χ0) is 25.4. The molecule has 1 atom stereocenters. The van der Waals surface area contributed by atoms with Crippen LogP contribution in [0, 0.1) is 11.6 Å². The zero-order valence-corrected chi connectivity index (χ0v) is 19.3. The number of carbonyl (C=O) groups is 1. The van der Waals surface area contributed by atoms with Gasteiger partial charge in [-0.25, -0.2) is 19.2 Å². The number of anilines is 2. The van der Waals surface area contributed by atoms with Gasteiger partial charge in [0, 0.05) is 18.5 Å². The molecule has 3 N–H and O–H groups in total. The van der Waals surface area contributed by atoms with E-state index in [1.807, 2.05) is 6.92 Å². The monoisotopic (exact) mass is 510 g/mol. The number of ether oxygens (including phenoxy) is 1. The van der Waals surface area contributed by atoms with Crippen LogP contribution in [-0.4, -0.2) is 20.7 Å². The van der Waals surface area contributed by atoms with Gasteiger partial charge in [-0.1, -0.05) is 11.6 Å². The molecule has 0 radical (unpaired) electrons. The van der Waals surface area contributed by atoms with Crippen LogP contribution in [0.5, 0.6) is 11.5 Å². The second kappa shape index (κ2) is 9.36. The number of fused-ring (bicyclic) bond motifs is 1. The summed E-state index contributed by atoms with van der Waals surface area (Å²) in [6, 6.07) is 9.94. The van der Waals surface area contributed by atoms with Gasteiger partial charge in [0.05, 0.1) is 28.0 Å². The van der Waals surface area contributed by atoms with Gasteiger partial charge in [-0.05, 0) is 49.4 Å². The van der Waals surface area contributed by atoms with E-state index in [-0.39, 0.29) is 33.8 Å². The van der Waals surface area contributed by atoms with Crippen molar-refractivity contribution in [3.8, 4) is 17.2 Å². The molecule has 1 amide bonds. The molecular formula is C24H17ClF2N6O3. The average Bonchev–Trinajstić information content (AvgIpc) is 3.24. The van der Waals surface area contributed by atoms with Crippen molar-refractivity contribution in [2.24, 2.45) is 0 Å². The smallest absolute Gasteiger partial charge is 0.284 e. The van der Waals surface area contributed by atoms with Crippen LogP contribution in [0.2, 0.25) is 5.02 Å². The van der Waals surface area contributed by atoms with Gasteiger partial charge in [-0.15, -0.1) is 0 Å². The summed E-state index contributed by atoms with van der Waals surface area (Å²) in [4.78, 5) is 29.8. The van der Waals surface area contributed by atoms with Crippen molar-refractivity contribution in [1.82, 2.24) is 20.2 Å². The van der Waals surface area contributed by atoms with Crippen LogP contribution in [0.25, 0.3) is 5.69 Å². The minimum absolute atomic E-state index is 0.0299. The third kappa shape index (κ3) is 4.37. The highest BCUT2D eigenvalue weighted by Gasteiger charge is 2.25. The molecule has 0 spiro atoms. The number of rotatable bonds is 5. The number of nitrogens with one attached hydrogen (secondary N) is 3. The number of hydrazine groups is 1. The fourth-order valence-corrected chi connectivity index (χ4v) is 3.88. The highest BCUT2D eigenvalue weighted by Crippen LogP contribution is 2.39. The summed E-state index contributed by atoms with van der Waals surface area (Å²) in [6.07, 6.45) is 2.77. The van der Waals surface area contributed by atoms with Crippen LogP contribution >= 0.6 is 11.6 Å². The molecule has 12 heteroatoms. The first-order valence-corrected chi connectivity index (χ1v) is 11.0. The quantitative estimate of drug-likeness (QED) is 0.360. The van der Waals surface area contributed by atoms with Crippen molar-refractivity contribution in [2.45, 2.75) is 13.0 Å². The summed E-state index contributed by atoms with van der Waals surface area (Å²) < 4.78 is 34.9. The predicted octanol–water partition coefficient (Wildman–Crippen LogP) is 4.59. The Kier molecular flexibility index (Phi) is 6.08. The molecule has 0 aliphatic carbocycles. The highest BCUT2D eigenvalue weighted by molar-refractivity contribution is 6.32. The van der Waals surface area contributed by atoms with Crippen molar-refractivity contribution in [1.29, 1.82) is 0 Å². The summed E-state index contributed by atoms with van der Waals surface area (Å²) in [7, 11) is 0. The maximum Gasteiger partial charge on any atom is 0.284 e. The van der Waals surface area contributed by atoms with E-state index in [2.05, 4.69) is 26.3 Å². The number of halogens is 3. The van der Waals surface area contributed by atoms with E-state index >= 15 is 0 Å². The van der Waals surface area contributed by atoms with Gasteiger partial charge in [-0.3, -0.25) is 9.59 Å². The van der Waals surface area contributed by atoms with Crippen LogP contribution in [-0.2, 0) is 0 Å². The molecule has 4 aromatic rings. The highest BCUT2D eigenvalue weighted by atomic mass is 35.5. The van der Waals surface area contributed by atoms with E-state index in [9.17, 15) is 18.4 Å². The van der Waals surface area contributed by atoms with Crippen LogP contribution in [0.3, 0.4) is 0 Å². The van der Waals surface area contributed by atoms with Crippen LogP contribution in [0.1, 0.15) is 28.9 Å². The first-order valence-electron chi connectivity index (χ1n) is 10.6. The summed E-state index contributed by atoms with van der Waals surface area (Å²) in [6.45, 7) is 1.90. The van der Waals surface area contributed by atoms with E-state index in [1.54, 1.807) is 6.07 Å². The second-order valence-electron chi connectivity index (χ2n) is 7.82. The Morgan fingerprint density at radius 1 is 1.11 bits per heavy atom. The summed E-state index contributed by atoms with van der Waals surface area (Å²) in [5.74, 6) is -1.14. The molecule has 1 aliphatic rings. The van der Waals surface area contributed by atoms with Gasteiger partial charge in [0.15, 0.2) is 5.82 Å². The van der Waals surface area contributed by atoms with E-state index < -0.39 is 23.1 Å². The first kappa shape index (κ1) is 23.4. The molecule has 3 heterocycles. The Morgan fingerprint density at radius 3 is 2.67 bits per heavy atom. The fraction of sp³-hybridized carbons (Fsp3) is 0.0833. The minimum atomic E-state index is -0.875. The van der Waals surface area contributed by atoms with Crippen LogP contribution < -0.4 is 26.5 Å². The predicted molar refractivity (Wildman–Crippen MR) is 129 cm³/mol. The number of carbonyl (C=O) groups excluding carboxylic acids is 1. The molecule has 36 heavy (non-hydrogen) atoms. The van der Waals surface area contributed by atoms with Gasteiger partial charge in [0.1, 0.15) is 28.7 Å². The Balaban J connectivity index is 1.40.